The molecular formula is C26H27F3N4O4S. The van der Waals surface area contributed by atoms with Crippen LogP contribution in [0.3, 0.4) is 0 Å². The van der Waals surface area contributed by atoms with Gasteiger partial charge in [-0.2, -0.15) is 26.6 Å². The average Bonchev–Trinajstić information content (AvgIpc) is 3.14. The second-order valence-electron chi connectivity index (χ2n) is 9.84. The lowest BCUT2D eigenvalue weighted by Gasteiger charge is -2.33. The molecule has 0 radical (unpaired) electrons. The predicted octanol–water partition coefficient (Wildman–Crippen LogP) is 4.82. The molecule has 12 heteroatoms. The van der Waals surface area contributed by atoms with Crippen molar-refractivity contribution in [2.75, 3.05) is 11.4 Å². The van der Waals surface area contributed by atoms with Crippen molar-refractivity contribution < 1.29 is 31.1 Å². The summed E-state index contributed by atoms with van der Waals surface area (Å²) in [5.74, 6) is -0.145. The van der Waals surface area contributed by atoms with Crippen LogP contribution in [-0.2, 0) is 22.8 Å². The number of aromatic nitrogens is 2. The number of carbonyl (C=O) groups is 1. The summed E-state index contributed by atoms with van der Waals surface area (Å²) in [6.07, 6.45) is -2.00. The zero-order chi connectivity index (χ0) is 27.7. The van der Waals surface area contributed by atoms with Gasteiger partial charge in [0, 0.05) is 24.3 Å². The van der Waals surface area contributed by atoms with E-state index in [1.807, 2.05) is 18.7 Å². The van der Waals surface area contributed by atoms with Crippen LogP contribution in [0.25, 0.3) is 0 Å². The van der Waals surface area contributed by atoms with Gasteiger partial charge in [0.15, 0.2) is 5.03 Å². The van der Waals surface area contributed by atoms with Crippen LogP contribution < -0.4 is 14.4 Å². The Morgan fingerprint density at radius 1 is 1.13 bits per heavy atom. The number of alkyl halides is 3. The summed E-state index contributed by atoms with van der Waals surface area (Å²) in [5, 5.41) is -0.448. The number of hydrogen-bond donors (Lipinski definition) is 1. The van der Waals surface area contributed by atoms with Gasteiger partial charge < -0.3 is 9.64 Å². The van der Waals surface area contributed by atoms with Crippen LogP contribution in [0.2, 0.25) is 0 Å². The summed E-state index contributed by atoms with van der Waals surface area (Å²) in [5.41, 5.74) is -0.498. The zero-order valence-electron chi connectivity index (χ0n) is 21.0. The lowest BCUT2D eigenvalue weighted by molar-refractivity contribution is -0.137. The van der Waals surface area contributed by atoms with Crippen molar-refractivity contribution in [1.82, 2.24) is 14.7 Å². The minimum absolute atomic E-state index is 0.0740. The van der Waals surface area contributed by atoms with Gasteiger partial charge in [-0.1, -0.05) is 25.1 Å². The Morgan fingerprint density at radius 2 is 1.84 bits per heavy atom. The van der Waals surface area contributed by atoms with Gasteiger partial charge in [-0.15, -0.1) is 0 Å². The second-order valence-corrected chi connectivity index (χ2v) is 11.5. The molecule has 1 unspecified atom stereocenters. The van der Waals surface area contributed by atoms with Crippen LogP contribution >= 0.6 is 0 Å². The molecule has 38 heavy (non-hydrogen) atoms. The fourth-order valence-corrected chi connectivity index (χ4v) is 5.48. The molecule has 0 aliphatic carbocycles. The fraction of sp³-hybridized carbons (Fsp3) is 0.346. The Labute approximate surface area is 218 Å². The largest absolute Gasteiger partial charge is 0.473 e. The Morgan fingerprint density at radius 3 is 2.47 bits per heavy atom. The van der Waals surface area contributed by atoms with Crippen molar-refractivity contribution in [3.8, 4) is 5.88 Å². The van der Waals surface area contributed by atoms with Crippen molar-refractivity contribution in [2.45, 2.75) is 50.5 Å². The number of carbonyl (C=O) groups excluding carboxylic acids is 1. The number of halogens is 3. The molecule has 1 aromatic carbocycles. The van der Waals surface area contributed by atoms with E-state index in [1.54, 1.807) is 12.3 Å². The molecule has 1 aliphatic rings. The highest BCUT2D eigenvalue weighted by Crippen LogP contribution is 2.37. The molecule has 2 aromatic heterocycles. The van der Waals surface area contributed by atoms with Crippen molar-refractivity contribution >= 4 is 21.7 Å². The van der Waals surface area contributed by atoms with E-state index in [1.165, 1.54) is 36.4 Å². The Balaban J connectivity index is 1.48. The highest BCUT2D eigenvalue weighted by molar-refractivity contribution is 7.90. The van der Waals surface area contributed by atoms with Gasteiger partial charge in [0.25, 0.3) is 15.9 Å². The summed E-state index contributed by atoms with van der Waals surface area (Å²) in [6, 6.07) is 11.5. The fourth-order valence-electron chi connectivity index (χ4n) is 4.55. The molecule has 1 aliphatic heterocycles. The number of nitrogens with zero attached hydrogens (tertiary/aromatic N) is 3. The Hall–Kier alpha value is -3.67. The van der Waals surface area contributed by atoms with E-state index < -0.39 is 32.7 Å². The monoisotopic (exact) mass is 548 g/mol. The van der Waals surface area contributed by atoms with Crippen LogP contribution in [0.15, 0.2) is 65.8 Å². The molecule has 3 heterocycles. The molecule has 202 valence electrons. The summed E-state index contributed by atoms with van der Waals surface area (Å²) in [7, 11) is -4.38. The molecule has 1 saturated heterocycles. The van der Waals surface area contributed by atoms with Gasteiger partial charge in [-0.3, -0.25) is 4.79 Å². The number of sulfonamides is 1. The molecule has 1 amide bonds. The minimum Gasteiger partial charge on any atom is -0.473 e. The average molecular weight is 549 g/mol. The summed E-state index contributed by atoms with van der Waals surface area (Å²) >= 11 is 0. The summed E-state index contributed by atoms with van der Waals surface area (Å²) in [6.45, 7) is 6.74. The van der Waals surface area contributed by atoms with E-state index in [4.69, 9.17) is 4.74 Å². The van der Waals surface area contributed by atoms with Gasteiger partial charge in [0.2, 0.25) is 5.88 Å². The maximum atomic E-state index is 13.1. The first-order valence-electron chi connectivity index (χ1n) is 11.8. The van der Waals surface area contributed by atoms with Crippen molar-refractivity contribution in [1.29, 1.82) is 0 Å². The number of anilines is 1. The van der Waals surface area contributed by atoms with Crippen molar-refractivity contribution in [3.63, 3.8) is 0 Å². The molecule has 1 N–H and O–H groups in total. The summed E-state index contributed by atoms with van der Waals surface area (Å²) in [4.78, 5) is 23.4. The normalized spacial score (nSPS) is 17.3. The molecular weight excluding hydrogens is 521 g/mol. The Kier molecular flexibility index (Phi) is 7.37. The standard InChI is InChI=1S/C26H27F3N4O4S/c1-17-14-25(2,3)33(15-17)23-20(6-5-13-30-23)24(34)32-38(35,36)22-8-4-7-21(31-22)37-16-18-9-11-19(12-10-18)26(27,28)29/h4-13,17H,14-16H2,1-3H3,(H,32,34). The molecule has 8 nitrogen and oxygen atoms in total. The topological polar surface area (TPSA) is 101 Å². The molecule has 3 aromatic rings. The van der Waals surface area contributed by atoms with E-state index in [-0.39, 0.29) is 23.6 Å². The SMILES string of the molecule is CC1CN(c2ncccc2C(=O)NS(=O)(=O)c2cccc(OCc3ccc(C(F)(F)F)cc3)n2)C(C)(C)C1. The van der Waals surface area contributed by atoms with E-state index in [9.17, 15) is 26.4 Å². The minimum atomic E-state index is -4.45. The maximum Gasteiger partial charge on any atom is 0.416 e. The highest BCUT2D eigenvalue weighted by atomic mass is 32.2. The van der Waals surface area contributed by atoms with Crippen LogP contribution in [0, 0.1) is 5.92 Å². The summed E-state index contributed by atoms with van der Waals surface area (Å²) < 4.78 is 71.7. The Bertz CT molecular complexity index is 1430. The molecule has 1 fully saturated rings. The molecule has 4 rings (SSSR count). The van der Waals surface area contributed by atoms with Gasteiger partial charge in [0.1, 0.15) is 12.4 Å². The third-order valence-corrected chi connectivity index (χ3v) is 7.46. The van der Waals surface area contributed by atoms with E-state index in [0.717, 1.165) is 18.6 Å². The van der Waals surface area contributed by atoms with Gasteiger partial charge >= 0.3 is 6.18 Å². The second kappa shape index (κ2) is 10.2. The maximum absolute atomic E-state index is 13.1. The highest BCUT2D eigenvalue weighted by Gasteiger charge is 2.39. The predicted molar refractivity (Wildman–Crippen MR) is 134 cm³/mol. The lowest BCUT2D eigenvalue weighted by Crippen LogP contribution is -2.41. The number of nitrogens with one attached hydrogen (secondary N) is 1. The zero-order valence-corrected chi connectivity index (χ0v) is 21.8. The number of amides is 1. The van der Waals surface area contributed by atoms with Crippen molar-refractivity contribution in [2.24, 2.45) is 5.92 Å². The number of pyridine rings is 2. The van der Waals surface area contributed by atoms with Gasteiger partial charge in [-0.05, 0) is 62.1 Å². The van der Waals surface area contributed by atoms with E-state index >= 15 is 0 Å². The number of ether oxygens (including phenoxy) is 1. The van der Waals surface area contributed by atoms with Crippen LogP contribution in [-0.4, -0.2) is 36.4 Å². The smallest absolute Gasteiger partial charge is 0.416 e. The molecule has 0 spiro atoms. The first-order valence-corrected chi connectivity index (χ1v) is 13.3. The number of hydrogen-bond acceptors (Lipinski definition) is 7. The number of benzene rings is 1. The van der Waals surface area contributed by atoms with E-state index in [2.05, 4.69) is 21.6 Å². The van der Waals surface area contributed by atoms with Crippen LogP contribution in [0.4, 0.5) is 19.0 Å². The quantitative estimate of drug-likeness (QED) is 0.452. The van der Waals surface area contributed by atoms with Crippen LogP contribution in [0.5, 0.6) is 5.88 Å². The van der Waals surface area contributed by atoms with Gasteiger partial charge in [-0.25, -0.2) is 9.71 Å². The molecule has 0 saturated carbocycles. The third-order valence-electron chi connectivity index (χ3n) is 6.23. The third kappa shape index (κ3) is 6.07. The molecule has 1 atom stereocenters. The number of rotatable bonds is 7. The first kappa shape index (κ1) is 27.4. The lowest BCUT2D eigenvalue weighted by atomic mass is 9.97. The molecule has 0 bridgehead atoms. The van der Waals surface area contributed by atoms with Crippen molar-refractivity contribution in [3.05, 3.63) is 77.5 Å². The van der Waals surface area contributed by atoms with Crippen LogP contribution in [0.1, 0.15) is 48.7 Å². The van der Waals surface area contributed by atoms with E-state index in [0.29, 0.717) is 23.8 Å². The van der Waals surface area contributed by atoms with Gasteiger partial charge in [0.05, 0.1) is 11.1 Å². The first-order chi connectivity index (χ1) is 17.8.